The standard InChI is InChI=1S/2C7H8O.Ni/c2*1-6(8)7-4-2-3-5-7;/h2*2-5,8H,1H3;/q;;+2/p-2. The molecule has 0 saturated carbocycles. The summed E-state index contributed by atoms with van der Waals surface area (Å²) in [6.07, 6.45) is 14.7. The van der Waals surface area contributed by atoms with Crippen LogP contribution in [0.25, 0.3) is 0 Å². The Kier molecular flexibility index (Phi) is 7.08. The molecular formula is C14H14NiO2. The molecule has 0 bridgehead atoms. The molecule has 0 aromatic heterocycles. The van der Waals surface area contributed by atoms with Gasteiger partial charge in [-0.3, -0.25) is 0 Å². The third kappa shape index (κ3) is 5.41. The number of allylic oxidation sites excluding steroid dienone is 12. The summed E-state index contributed by atoms with van der Waals surface area (Å²) in [5.41, 5.74) is 1.59. The minimum absolute atomic E-state index is 0. The maximum Gasteiger partial charge on any atom is 2.00 e. The summed E-state index contributed by atoms with van der Waals surface area (Å²) in [5.74, 6) is 0.269. The number of hydrogen-bond acceptors (Lipinski definition) is 2. The molecule has 0 amide bonds. The van der Waals surface area contributed by atoms with Gasteiger partial charge in [-0.25, -0.2) is 0 Å². The van der Waals surface area contributed by atoms with Crippen LogP contribution < -0.4 is 10.2 Å². The second-order valence-electron chi connectivity index (χ2n) is 3.46. The van der Waals surface area contributed by atoms with Crippen molar-refractivity contribution < 1.29 is 26.7 Å². The Morgan fingerprint density at radius 1 is 0.706 bits per heavy atom. The van der Waals surface area contributed by atoms with E-state index in [4.69, 9.17) is 0 Å². The van der Waals surface area contributed by atoms with Gasteiger partial charge in [0.15, 0.2) is 0 Å². The second-order valence-corrected chi connectivity index (χ2v) is 3.46. The van der Waals surface area contributed by atoms with Crippen LogP contribution in [0.3, 0.4) is 0 Å². The SMILES string of the molecule is CC([O-])=C1C=CC=C1.CC([O-])=C1C=CC=C1.[Ni+2]. The average molecular weight is 273 g/mol. The Bertz CT molecular complexity index is 357. The Morgan fingerprint density at radius 3 is 1.06 bits per heavy atom. The normalized spacial score (nSPS) is 14.5. The third-order valence-electron chi connectivity index (χ3n) is 2.14. The molecule has 0 spiro atoms. The van der Waals surface area contributed by atoms with Crippen molar-refractivity contribution in [2.45, 2.75) is 13.8 Å². The van der Waals surface area contributed by atoms with Crippen LogP contribution in [0.2, 0.25) is 0 Å². The van der Waals surface area contributed by atoms with Crippen LogP contribution in [-0.2, 0) is 16.5 Å². The third-order valence-corrected chi connectivity index (χ3v) is 2.14. The monoisotopic (exact) mass is 272 g/mol. The van der Waals surface area contributed by atoms with Gasteiger partial charge in [0.2, 0.25) is 0 Å². The molecule has 0 saturated heterocycles. The van der Waals surface area contributed by atoms with Crippen molar-refractivity contribution in [3.05, 3.63) is 71.3 Å². The van der Waals surface area contributed by atoms with E-state index in [1.165, 1.54) is 0 Å². The topological polar surface area (TPSA) is 46.1 Å². The van der Waals surface area contributed by atoms with Crippen molar-refractivity contribution in [2.24, 2.45) is 0 Å². The molecule has 0 fully saturated rings. The molecule has 2 nitrogen and oxygen atoms in total. The summed E-state index contributed by atoms with van der Waals surface area (Å²) in [6.45, 7) is 3.13. The first-order valence-electron chi connectivity index (χ1n) is 5.06. The number of rotatable bonds is 0. The molecule has 3 heteroatoms. The number of hydrogen-bond donors (Lipinski definition) is 0. The van der Waals surface area contributed by atoms with Gasteiger partial charge < -0.3 is 10.2 Å². The molecule has 0 unspecified atom stereocenters. The van der Waals surface area contributed by atoms with Crippen molar-refractivity contribution >= 4 is 0 Å². The maximum absolute atomic E-state index is 10.5. The smallest absolute Gasteiger partial charge is 0.875 e. The van der Waals surface area contributed by atoms with E-state index in [1.54, 1.807) is 13.8 Å². The average Bonchev–Trinajstić information content (AvgIpc) is 2.93. The molecule has 17 heavy (non-hydrogen) atoms. The largest absolute Gasteiger partial charge is 2.00 e. The van der Waals surface area contributed by atoms with Crippen LogP contribution in [0.15, 0.2) is 71.3 Å². The predicted octanol–water partition coefficient (Wildman–Crippen LogP) is 1.49. The van der Waals surface area contributed by atoms with Gasteiger partial charge in [-0.05, 0) is 11.1 Å². The molecule has 92 valence electrons. The molecule has 0 atom stereocenters. The maximum atomic E-state index is 10.5. The first kappa shape index (κ1) is 15.5. The Morgan fingerprint density at radius 2 is 0.941 bits per heavy atom. The van der Waals surface area contributed by atoms with Crippen molar-refractivity contribution in [1.29, 1.82) is 0 Å². The van der Waals surface area contributed by atoms with Crippen LogP contribution in [-0.4, -0.2) is 0 Å². The summed E-state index contributed by atoms with van der Waals surface area (Å²) in [4.78, 5) is 0. The fraction of sp³-hybridized carbons (Fsp3) is 0.143. The van der Waals surface area contributed by atoms with Crippen molar-refractivity contribution in [1.82, 2.24) is 0 Å². The first-order valence-corrected chi connectivity index (χ1v) is 5.06. The summed E-state index contributed by atoms with van der Waals surface area (Å²) in [6, 6.07) is 0. The first-order chi connectivity index (χ1) is 7.61. The molecule has 0 aromatic carbocycles. The van der Waals surface area contributed by atoms with Crippen LogP contribution in [0.1, 0.15) is 13.8 Å². The van der Waals surface area contributed by atoms with E-state index in [-0.39, 0.29) is 28.0 Å². The predicted molar refractivity (Wildman–Crippen MR) is 62.0 cm³/mol. The molecule has 2 aliphatic carbocycles. The van der Waals surface area contributed by atoms with Gasteiger partial charge in [-0.1, -0.05) is 62.5 Å². The van der Waals surface area contributed by atoms with Crippen molar-refractivity contribution in [2.75, 3.05) is 0 Å². The molecular weight excluding hydrogens is 259 g/mol. The van der Waals surface area contributed by atoms with Crippen molar-refractivity contribution in [3.8, 4) is 0 Å². The second kappa shape index (κ2) is 7.75. The van der Waals surface area contributed by atoms with Crippen LogP contribution in [0.4, 0.5) is 0 Å². The van der Waals surface area contributed by atoms with Gasteiger partial charge in [-0.15, -0.1) is 11.5 Å². The zero-order valence-corrected chi connectivity index (χ0v) is 10.7. The minimum Gasteiger partial charge on any atom is -0.875 e. The summed E-state index contributed by atoms with van der Waals surface area (Å²) < 4.78 is 0. The molecule has 0 heterocycles. The van der Waals surface area contributed by atoms with Crippen LogP contribution >= 0.6 is 0 Å². The fourth-order valence-electron chi connectivity index (χ4n) is 1.22. The fourth-order valence-corrected chi connectivity index (χ4v) is 1.22. The Labute approximate surface area is 112 Å². The van der Waals surface area contributed by atoms with Crippen LogP contribution in [0, 0.1) is 0 Å². The van der Waals surface area contributed by atoms with Gasteiger partial charge in [0, 0.05) is 0 Å². The van der Waals surface area contributed by atoms with Gasteiger partial charge in [0.25, 0.3) is 0 Å². The van der Waals surface area contributed by atoms with E-state index < -0.39 is 0 Å². The van der Waals surface area contributed by atoms with E-state index in [0.29, 0.717) is 0 Å². The molecule has 0 radical (unpaired) electrons. The van der Waals surface area contributed by atoms with E-state index in [1.807, 2.05) is 48.6 Å². The molecule has 0 N–H and O–H groups in total. The molecule has 2 rings (SSSR count). The Balaban J connectivity index is 0.000000284. The summed E-state index contributed by atoms with van der Waals surface area (Å²) in [7, 11) is 0. The van der Waals surface area contributed by atoms with Gasteiger partial charge >= 0.3 is 16.5 Å². The van der Waals surface area contributed by atoms with Gasteiger partial charge in [-0.2, -0.15) is 0 Å². The molecule has 0 aromatic rings. The van der Waals surface area contributed by atoms with E-state index in [0.717, 1.165) is 11.1 Å². The molecule has 2 aliphatic rings. The Hall–Kier alpha value is -1.47. The zero-order chi connectivity index (χ0) is 12.0. The van der Waals surface area contributed by atoms with Crippen molar-refractivity contribution in [3.63, 3.8) is 0 Å². The van der Waals surface area contributed by atoms with Crippen LogP contribution in [0.5, 0.6) is 0 Å². The van der Waals surface area contributed by atoms with Gasteiger partial charge in [0.1, 0.15) is 0 Å². The van der Waals surface area contributed by atoms with E-state index >= 15 is 0 Å². The summed E-state index contributed by atoms with van der Waals surface area (Å²) >= 11 is 0. The zero-order valence-electron chi connectivity index (χ0n) is 9.75. The molecule has 0 aliphatic heterocycles. The minimum atomic E-state index is 0. The summed E-state index contributed by atoms with van der Waals surface area (Å²) in [5, 5.41) is 21.0. The van der Waals surface area contributed by atoms with E-state index in [9.17, 15) is 10.2 Å². The quantitative estimate of drug-likeness (QED) is 0.496. The van der Waals surface area contributed by atoms with Gasteiger partial charge in [0.05, 0.1) is 0 Å². The van der Waals surface area contributed by atoms with E-state index in [2.05, 4.69) is 0 Å².